The van der Waals surface area contributed by atoms with Crippen LogP contribution in [0.15, 0.2) is 0 Å². The summed E-state index contributed by atoms with van der Waals surface area (Å²) in [6.07, 6.45) is 1.20. The molecule has 0 bridgehead atoms. The minimum Gasteiger partial charge on any atom is -0.327 e. The molecule has 0 rings (SSSR count). The van der Waals surface area contributed by atoms with Crippen molar-refractivity contribution in [2.24, 2.45) is 5.73 Å². The summed E-state index contributed by atoms with van der Waals surface area (Å²) in [6, 6.07) is 0.775. The molecule has 2 heteroatoms. The molecule has 0 aliphatic heterocycles. The lowest BCUT2D eigenvalue weighted by Gasteiger charge is -2.26. The van der Waals surface area contributed by atoms with Crippen molar-refractivity contribution in [2.75, 3.05) is 13.6 Å². The molecule has 0 spiro atoms. The van der Waals surface area contributed by atoms with E-state index in [1.54, 1.807) is 0 Å². The summed E-state index contributed by atoms with van der Waals surface area (Å²) >= 11 is 0. The standard InChI is InChI=1S/C8H20N2/c1-5-6-10(4)8(3)7(2)9/h7-8H,5-6,9H2,1-4H3. The van der Waals surface area contributed by atoms with Crippen LogP contribution in [0.25, 0.3) is 0 Å². The fourth-order valence-electron chi connectivity index (χ4n) is 0.958. The van der Waals surface area contributed by atoms with Crippen molar-refractivity contribution in [2.45, 2.75) is 39.3 Å². The van der Waals surface area contributed by atoms with Crippen LogP contribution >= 0.6 is 0 Å². The summed E-state index contributed by atoms with van der Waals surface area (Å²) in [4.78, 5) is 2.30. The van der Waals surface area contributed by atoms with Gasteiger partial charge in [0, 0.05) is 12.1 Å². The number of hydrogen-bond acceptors (Lipinski definition) is 2. The molecule has 2 atom stereocenters. The van der Waals surface area contributed by atoms with E-state index in [-0.39, 0.29) is 6.04 Å². The molecule has 2 N–H and O–H groups in total. The van der Waals surface area contributed by atoms with E-state index >= 15 is 0 Å². The molecule has 2 nitrogen and oxygen atoms in total. The highest BCUT2D eigenvalue weighted by atomic mass is 15.1. The quantitative estimate of drug-likeness (QED) is 0.639. The summed E-state index contributed by atoms with van der Waals surface area (Å²) in [5, 5.41) is 0. The number of hydrogen-bond donors (Lipinski definition) is 1. The molecule has 0 aromatic heterocycles. The van der Waals surface area contributed by atoms with Crippen LogP contribution in [0, 0.1) is 0 Å². The van der Waals surface area contributed by atoms with E-state index in [2.05, 4.69) is 32.7 Å². The third kappa shape index (κ3) is 3.18. The third-order valence-electron chi connectivity index (χ3n) is 2.03. The summed E-state index contributed by atoms with van der Waals surface area (Å²) in [6.45, 7) is 7.55. The van der Waals surface area contributed by atoms with E-state index in [4.69, 9.17) is 5.73 Å². The second-order valence-corrected chi connectivity index (χ2v) is 3.08. The Labute approximate surface area is 64.4 Å². The van der Waals surface area contributed by atoms with Gasteiger partial charge < -0.3 is 10.6 Å². The lowest BCUT2D eigenvalue weighted by molar-refractivity contribution is 0.233. The molecule has 0 aliphatic carbocycles. The van der Waals surface area contributed by atoms with Crippen LogP contribution in [0.4, 0.5) is 0 Å². The molecule has 0 aromatic carbocycles. The van der Waals surface area contributed by atoms with Gasteiger partial charge in [-0.25, -0.2) is 0 Å². The highest BCUT2D eigenvalue weighted by Gasteiger charge is 2.11. The number of nitrogens with zero attached hydrogens (tertiary/aromatic N) is 1. The molecule has 0 radical (unpaired) electrons. The Morgan fingerprint density at radius 3 is 2.20 bits per heavy atom. The van der Waals surface area contributed by atoms with Gasteiger partial charge in [-0.1, -0.05) is 6.92 Å². The Kier molecular flexibility index (Phi) is 4.65. The second kappa shape index (κ2) is 4.69. The monoisotopic (exact) mass is 144 g/mol. The molecule has 0 aliphatic rings. The van der Waals surface area contributed by atoms with Crippen molar-refractivity contribution in [1.82, 2.24) is 4.90 Å². The van der Waals surface area contributed by atoms with Crippen molar-refractivity contribution >= 4 is 0 Å². The third-order valence-corrected chi connectivity index (χ3v) is 2.03. The predicted octanol–water partition coefficient (Wildman–Crippen LogP) is 1.06. The molecule has 0 saturated heterocycles. The van der Waals surface area contributed by atoms with E-state index in [1.165, 1.54) is 6.42 Å². The zero-order valence-electron chi connectivity index (χ0n) is 7.59. The van der Waals surface area contributed by atoms with E-state index in [1.807, 2.05) is 0 Å². The lowest BCUT2D eigenvalue weighted by Crippen LogP contribution is -2.42. The van der Waals surface area contributed by atoms with Gasteiger partial charge >= 0.3 is 0 Å². The molecular formula is C8H20N2. The Morgan fingerprint density at radius 1 is 1.40 bits per heavy atom. The average Bonchev–Trinajstić information content (AvgIpc) is 1.87. The Balaban J connectivity index is 3.58. The van der Waals surface area contributed by atoms with E-state index < -0.39 is 0 Å². The first kappa shape index (κ1) is 9.92. The van der Waals surface area contributed by atoms with Gasteiger partial charge in [0.05, 0.1) is 0 Å². The Morgan fingerprint density at radius 2 is 1.90 bits per heavy atom. The van der Waals surface area contributed by atoms with Gasteiger partial charge in [0.1, 0.15) is 0 Å². The smallest absolute Gasteiger partial charge is 0.0213 e. The zero-order valence-corrected chi connectivity index (χ0v) is 7.59. The van der Waals surface area contributed by atoms with Crippen molar-refractivity contribution in [3.05, 3.63) is 0 Å². The van der Waals surface area contributed by atoms with Crippen LogP contribution in [0.3, 0.4) is 0 Å². The first-order valence-electron chi connectivity index (χ1n) is 4.05. The van der Waals surface area contributed by atoms with Gasteiger partial charge in [-0.3, -0.25) is 0 Å². The van der Waals surface area contributed by atoms with Crippen molar-refractivity contribution < 1.29 is 0 Å². The predicted molar refractivity (Wildman–Crippen MR) is 46.0 cm³/mol. The van der Waals surface area contributed by atoms with Crippen LogP contribution in [-0.4, -0.2) is 30.6 Å². The van der Waals surface area contributed by atoms with Crippen LogP contribution in [0.5, 0.6) is 0 Å². The minimum atomic E-state index is 0.275. The topological polar surface area (TPSA) is 29.3 Å². The maximum atomic E-state index is 5.73. The normalized spacial score (nSPS) is 17.4. The van der Waals surface area contributed by atoms with Gasteiger partial charge in [-0.2, -0.15) is 0 Å². The van der Waals surface area contributed by atoms with E-state index in [9.17, 15) is 0 Å². The largest absolute Gasteiger partial charge is 0.327 e. The molecule has 10 heavy (non-hydrogen) atoms. The van der Waals surface area contributed by atoms with Crippen LogP contribution < -0.4 is 5.73 Å². The van der Waals surface area contributed by atoms with Gasteiger partial charge in [0.2, 0.25) is 0 Å². The summed E-state index contributed by atoms with van der Waals surface area (Å²) in [7, 11) is 2.12. The van der Waals surface area contributed by atoms with Crippen molar-refractivity contribution in [3.63, 3.8) is 0 Å². The first-order valence-corrected chi connectivity index (χ1v) is 4.05. The number of likely N-dealkylation sites (N-methyl/N-ethyl adjacent to an activating group) is 1. The van der Waals surface area contributed by atoms with Gasteiger partial charge in [-0.05, 0) is 33.9 Å². The average molecular weight is 144 g/mol. The highest BCUT2D eigenvalue weighted by molar-refractivity contribution is 4.71. The maximum Gasteiger partial charge on any atom is 0.0213 e. The van der Waals surface area contributed by atoms with Crippen molar-refractivity contribution in [3.8, 4) is 0 Å². The van der Waals surface area contributed by atoms with E-state index in [0.717, 1.165) is 6.54 Å². The van der Waals surface area contributed by atoms with Crippen LogP contribution in [0.1, 0.15) is 27.2 Å². The molecule has 0 saturated carbocycles. The first-order chi connectivity index (χ1) is 4.59. The highest BCUT2D eigenvalue weighted by Crippen LogP contribution is 1.99. The number of rotatable bonds is 4. The Hall–Kier alpha value is -0.0800. The molecule has 0 heterocycles. The SMILES string of the molecule is CCCN(C)C(C)C(C)N. The summed E-state index contributed by atoms with van der Waals surface area (Å²) in [5.74, 6) is 0. The fraction of sp³-hybridized carbons (Fsp3) is 1.00. The molecule has 62 valence electrons. The van der Waals surface area contributed by atoms with Gasteiger partial charge in [-0.15, -0.1) is 0 Å². The van der Waals surface area contributed by atoms with Crippen molar-refractivity contribution in [1.29, 1.82) is 0 Å². The van der Waals surface area contributed by atoms with Crippen LogP contribution in [-0.2, 0) is 0 Å². The summed E-state index contributed by atoms with van der Waals surface area (Å²) in [5.41, 5.74) is 5.73. The summed E-state index contributed by atoms with van der Waals surface area (Å²) < 4.78 is 0. The molecule has 0 amide bonds. The molecule has 0 fully saturated rings. The number of nitrogens with two attached hydrogens (primary N) is 1. The maximum absolute atomic E-state index is 5.73. The lowest BCUT2D eigenvalue weighted by atomic mass is 10.1. The zero-order chi connectivity index (χ0) is 8.15. The van der Waals surface area contributed by atoms with Gasteiger partial charge in [0.15, 0.2) is 0 Å². The second-order valence-electron chi connectivity index (χ2n) is 3.08. The minimum absolute atomic E-state index is 0.275. The van der Waals surface area contributed by atoms with E-state index in [0.29, 0.717) is 6.04 Å². The Bertz CT molecular complexity index is 81.3. The molecular weight excluding hydrogens is 124 g/mol. The molecule has 0 aromatic rings. The van der Waals surface area contributed by atoms with Crippen LogP contribution in [0.2, 0.25) is 0 Å². The fourth-order valence-corrected chi connectivity index (χ4v) is 0.958. The van der Waals surface area contributed by atoms with Gasteiger partial charge in [0.25, 0.3) is 0 Å². The molecule has 2 unspecified atom stereocenters.